The second-order valence-corrected chi connectivity index (χ2v) is 9.40. The van der Waals surface area contributed by atoms with Crippen LogP contribution >= 0.6 is 27.5 Å². The van der Waals surface area contributed by atoms with Crippen molar-refractivity contribution in [2.45, 2.75) is 11.5 Å². The molecule has 0 aliphatic carbocycles. The fourth-order valence-corrected chi connectivity index (χ4v) is 5.35. The van der Waals surface area contributed by atoms with Crippen molar-refractivity contribution in [3.8, 4) is 5.75 Å². The average molecular weight is 510 g/mol. The number of alkyl halides is 2. The van der Waals surface area contributed by atoms with E-state index in [1.807, 2.05) is 0 Å². The predicted octanol–water partition coefficient (Wildman–Crippen LogP) is 3.85. The molecule has 2 aromatic carbocycles. The molecule has 1 saturated heterocycles. The molecule has 0 radical (unpaired) electrons. The van der Waals surface area contributed by atoms with Gasteiger partial charge in [0.15, 0.2) is 0 Å². The van der Waals surface area contributed by atoms with E-state index in [1.165, 1.54) is 45.6 Å². The van der Waals surface area contributed by atoms with Gasteiger partial charge in [0.05, 0.1) is 5.02 Å². The van der Waals surface area contributed by atoms with E-state index in [0.29, 0.717) is 10.0 Å². The van der Waals surface area contributed by atoms with Gasteiger partial charge in [0.25, 0.3) is 5.91 Å². The van der Waals surface area contributed by atoms with Crippen LogP contribution in [0.3, 0.4) is 0 Å². The van der Waals surface area contributed by atoms with Gasteiger partial charge in [0.2, 0.25) is 10.0 Å². The Morgan fingerprint density at radius 1 is 1.07 bits per heavy atom. The van der Waals surface area contributed by atoms with Crippen LogP contribution < -0.4 is 4.74 Å². The summed E-state index contributed by atoms with van der Waals surface area (Å²) in [5.41, 5.74) is 0.305. The van der Waals surface area contributed by atoms with Crippen molar-refractivity contribution in [1.82, 2.24) is 9.21 Å². The molecule has 0 spiro atoms. The summed E-state index contributed by atoms with van der Waals surface area (Å²) in [6, 6.07) is 9.90. The fraction of sp³-hybridized carbons (Fsp3) is 0.278. The maximum atomic E-state index is 12.8. The van der Waals surface area contributed by atoms with Crippen molar-refractivity contribution >= 4 is 43.5 Å². The summed E-state index contributed by atoms with van der Waals surface area (Å²) in [6.45, 7) is -2.31. The van der Waals surface area contributed by atoms with E-state index in [1.54, 1.807) is 6.07 Å². The van der Waals surface area contributed by atoms with Crippen molar-refractivity contribution in [3.63, 3.8) is 0 Å². The first-order chi connectivity index (χ1) is 13.7. The molecule has 0 unspecified atom stereocenters. The molecule has 0 N–H and O–H groups in total. The number of nitrogens with zero attached hydrogens (tertiary/aromatic N) is 2. The lowest BCUT2D eigenvalue weighted by Gasteiger charge is -2.34. The van der Waals surface area contributed by atoms with Crippen LogP contribution in [0.1, 0.15) is 10.4 Å². The lowest BCUT2D eigenvalue weighted by atomic mass is 10.2. The summed E-state index contributed by atoms with van der Waals surface area (Å²) in [6.07, 6.45) is 0. The molecular formula is C18H16BrClF2N2O4S. The van der Waals surface area contributed by atoms with Gasteiger partial charge >= 0.3 is 6.61 Å². The molecule has 1 aliphatic heterocycles. The van der Waals surface area contributed by atoms with E-state index in [0.717, 1.165) is 0 Å². The number of halogens is 4. The Hall–Kier alpha value is -1.75. The van der Waals surface area contributed by atoms with Crippen LogP contribution in [-0.2, 0) is 10.0 Å². The van der Waals surface area contributed by atoms with Gasteiger partial charge in [0.1, 0.15) is 10.6 Å². The Labute approximate surface area is 180 Å². The maximum absolute atomic E-state index is 12.8. The monoisotopic (exact) mass is 508 g/mol. The van der Waals surface area contributed by atoms with Crippen LogP contribution in [0.25, 0.3) is 0 Å². The van der Waals surface area contributed by atoms with Crippen LogP contribution in [-0.4, -0.2) is 56.3 Å². The zero-order valence-corrected chi connectivity index (χ0v) is 18.1. The molecule has 0 aromatic heterocycles. The summed E-state index contributed by atoms with van der Waals surface area (Å²) >= 11 is 9.32. The number of hydrogen-bond acceptors (Lipinski definition) is 4. The van der Waals surface area contributed by atoms with Crippen LogP contribution in [0.4, 0.5) is 8.78 Å². The number of benzene rings is 2. The largest absolute Gasteiger partial charge is 0.435 e. The molecule has 29 heavy (non-hydrogen) atoms. The molecule has 3 rings (SSSR count). The van der Waals surface area contributed by atoms with Crippen LogP contribution in [0.2, 0.25) is 5.02 Å². The van der Waals surface area contributed by atoms with Gasteiger partial charge in [-0.15, -0.1) is 0 Å². The lowest BCUT2D eigenvalue weighted by Crippen LogP contribution is -2.50. The minimum Gasteiger partial charge on any atom is -0.435 e. The normalized spacial score (nSPS) is 15.6. The Morgan fingerprint density at radius 3 is 2.24 bits per heavy atom. The van der Waals surface area contributed by atoms with E-state index in [2.05, 4.69) is 20.7 Å². The molecule has 11 heteroatoms. The van der Waals surface area contributed by atoms with E-state index < -0.39 is 16.6 Å². The van der Waals surface area contributed by atoms with Gasteiger partial charge in [0, 0.05) is 36.2 Å². The van der Waals surface area contributed by atoms with Gasteiger partial charge < -0.3 is 9.64 Å². The summed E-state index contributed by atoms with van der Waals surface area (Å²) in [5, 5.41) is 0.115. The number of rotatable bonds is 5. The van der Waals surface area contributed by atoms with Crippen molar-refractivity contribution in [1.29, 1.82) is 0 Å². The third kappa shape index (κ3) is 5.06. The molecule has 0 saturated carbocycles. The van der Waals surface area contributed by atoms with E-state index in [-0.39, 0.29) is 47.8 Å². The van der Waals surface area contributed by atoms with Gasteiger partial charge in [-0.25, -0.2) is 8.42 Å². The van der Waals surface area contributed by atoms with Gasteiger partial charge in [-0.3, -0.25) is 4.79 Å². The van der Waals surface area contributed by atoms with Crippen molar-refractivity contribution in [3.05, 3.63) is 57.5 Å². The maximum Gasteiger partial charge on any atom is 0.387 e. The number of amides is 1. The first-order valence-corrected chi connectivity index (χ1v) is 11.1. The number of carbonyl (C=O) groups is 1. The Bertz CT molecular complexity index is 997. The Kier molecular flexibility index (Phi) is 6.77. The summed E-state index contributed by atoms with van der Waals surface area (Å²) < 4.78 is 56.3. The fourth-order valence-electron chi connectivity index (χ4n) is 2.92. The standard InChI is InChI=1S/C18H16BrClF2N2O4S/c19-13-3-6-16(15(20)11-13)29(26,27)24-9-7-23(8-10-24)17(25)12-1-4-14(5-2-12)28-18(21)22/h1-6,11,18H,7-10H2. The summed E-state index contributed by atoms with van der Waals surface area (Å²) in [5.74, 6) is -0.355. The Balaban J connectivity index is 1.66. The smallest absolute Gasteiger partial charge is 0.387 e. The second kappa shape index (κ2) is 8.95. The summed E-state index contributed by atoms with van der Waals surface area (Å²) in [7, 11) is -3.79. The van der Waals surface area contributed by atoms with Crippen LogP contribution in [0.5, 0.6) is 5.75 Å². The SMILES string of the molecule is O=C(c1ccc(OC(F)F)cc1)N1CCN(S(=O)(=O)c2ccc(Br)cc2Cl)CC1. The van der Waals surface area contributed by atoms with Gasteiger partial charge in [-0.2, -0.15) is 13.1 Å². The molecule has 2 aromatic rings. The highest BCUT2D eigenvalue weighted by Gasteiger charge is 2.31. The second-order valence-electron chi connectivity index (χ2n) is 6.17. The van der Waals surface area contributed by atoms with E-state index in [9.17, 15) is 22.0 Å². The van der Waals surface area contributed by atoms with Gasteiger partial charge in [-0.1, -0.05) is 27.5 Å². The Morgan fingerprint density at radius 2 is 1.69 bits per heavy atom. The predicted molar refractivity (Wildman–Crippen MR) is 107 cm³/mol. The minimum atomic E-state index is -3.79. The lowest BCUT2D eigenvalue weighted by molar-refractivity contribution is -0.0498. The molecular weight excluding hydrogens is 494 g/mol. The molecule has 0 atom stereocenters. The number of hydrogen-bond donors (Lipinski definition) is 0. The third-order valence-corrected chi connectivity index (χ3v) is 7.24. The molecule has 0 bridgehead atoms. The number of sulfonamides is 1. The van der Waals surface area contributed by atoms with Crippen molar-refractivity contribution < 1.29 is 26.7 Å². The molecule has 1 aliphatic rings. The molecule has 6 nitrogen and oxygen atoms in total. The highest BCUT2D eigenvalue weighted by atomic mass is 79.9. The molecule has 1 amide bonds. The zero-order valence-electron chi connectivity index (χ0n) is 14.9. The quantitative estimate of drug-likeness (QED) is 0.614. The number of piperazine rings is 1. The molecule has 1 heterocycles. The first kappa shape index (κ1) is 21.9. The third-order valence-electron chi connectivity index (χ3n) is 4.36. The van der Waals surface area contributed by atoms with Crippen molar-refractivity contribution in [2.24, 2.45) is 0 Å². The molecule has 1 fully saturated rings. The topological polar surface area (TPSA) is 66.9 Å². The summed E-state index contributed by atoms with van der Waals surface area (Å²) in [4.78, 5) is 14.1. The highest BCUT2D eigenvalue weighted by molar-refractivity contribution is 9.10. The first-order valence-electron chi connectivity index (χ1n) is 8.48. The van der Waals surface area contributed by atoms with Crippen LogP contribution in [0.15, 0.2) is 51.8 Å². The van der Waals surface area contributed by atoms with Crippen molar-refractivity contribution in [2.75, 3.05) is 26.2 Å². The number of ether oxygens (including phenoxy) is 1. The van der Waals surface area contributed by atoms with E-state index in [4.69, 9.17) is 11.6 Å². The minimum absolute atomic E-state index is 0.0109. The van der Waals surface area contributed by atoms with Crippen LogP contribution in [0, 0.1) is 0 Å². The zero-order chi connectivity index (χ0) is 21.2. The van der Waals surface area contributed by atoms with Gasteiger partial charge in [-0.05, 0) is 42.5 Å². The highest BCUT2D eigenvalue weighted by Crippen LogP contribution is 2.28. The number of carbonyl (C=O) groups excluding carboxylic acids is 1. The molecule has 156 valence electrons. The average Bonchev–Trinajstić information content (AvgIpc) is 2.67. The van der Waals surface area contributed by atoms with E-state index >= 15 is 0 Å².